The van der Waals surface area contributed by atoms with Crippen LogP contribution >= 0.6 is 11.6 Å². The Bertz CT molecular complexity index is 767. The Morgan fingerprint density at radius 1 is 1.35 bits per heavy atom. The fourth-order valence-corrected chi connectivity index (χ4v) is 2.22. The molecule has 1 atom stereocenters. The lowest BCUT2D eigenvalue weighted by Gasteiger charge is -2.16. The molecule has 2 heterocycles. The molecule has 3 rings (SSSR count). The molecule has 0 saturated heterocycles. The van der Waals surface area contributed by atoms with Crippen LogP contribution in [0.3, 0.4) is 0 Å². The molecule has 0 fully saturated rings. The van der Waals surface area contributed by atoms with Gasteiger partial charge in [-0.3, -0.25) is 0 Å². The van der Waals surface area contributed by atoms with E-state index < -0.39 is 0 Å². The predicted octanol–water partition coefficient (Wildman–Crippen LogP) is 1.81. The van der Waals surface area contributed by atoms with Gasteiger partial charge < -0.3 is 5.32 Å². The first-order valence-corrected chi connectivity index (χ1v) is 6.61. The standard InChI is InChI=1S/C13H12ClN5O/c14-7-10(9-4-2-1-3-5-9)16-11-6-12-17-18-13(20)19(12)8-15-11/h1-6,8,10,16H,7H2,(H,18,20). The van der Waals surface area contributed by atoms with Gasteiger partial charge in [0.05, 0.1) is 6.04 Å². The molecule has 1 aromatic carbocycles. The lowest BCUT2D eigenvalue weighted by Crippen LogP contribution is -2.14. The van der Waals surface area contributed by atoms with Crippen LogP contribution in [0.15, 0.2) is 47.5 Å². The molecule has 0 amide bonds. The molecule has 0 saturated carbocycles. The number of H-pyrrole nitrogens is 1. The van der Waals surface area contributed by atoms with E-state index >= 15 is 0 Å². The molecule has 1 unspecified atom stereocenters. The summed E-state index contributed by atoms with van der Waals surface area (Å²) in [6.07, 6.45) is 1.43. The minimum Gasteiger partial charge on any atom is -0.362 e. The van der Waals surface area contributed by atoms with Gasteiger partial charge in [-0.2, -0.15) is 5.10 Å². The number of nitrogens with zero attached hydrogens (tertiary/aromatic N) is 3. The highest BCUT2D eigenvalue weighted by Gasteiger charge is 2.11. The van der Waals surface area contributed by atoms with E-state index in [0.717, 1.165) is 5.56 Å². The monoisotopic (exact) mass is 289 g/mol. The third-order valence-corrected chi connectivity index (χ3v) is 3.30. The van der Waals surface area contributed by atoms with Crippen molar-refractivity contribution >= 4 is 23.1 Å². The van der Waals surface area contributed by atoms with Gasteiger partial charge in [-0.15, -0.1) is 11.6 Å². The second kappa shape index (κ2) is 5.34. The Balaban J connectivity index is 1.89. The van der Waals surface area contributed by atoms with Gasteiger partial charge in [0.2, 0.25) is 0 Å². The van der Waals surface area contributed by atoms with Gasteiger partial charge in [0.15, 0.2) is 5.65 Å². The van der Waals surface area contributed by atoms with Crippen molar-refractivity contribution < 1.29 is 0 Å². The highest BCUT2D eigenvalue weighted by Crippen LogP contribution is 2.19. The number of aromatic amines is 1. The molecule has 6 nitrogen and oxygen atoms in total. The number of rotatable bonds is 4. The Morgan fingerprint density at radius 3 is 2.90 bits per heavy atom. The first-order valence-electron chi connectivity index (χ1n) is 6.08. The average molecular weight is 290 g/mol. The fourth-order valence-electron chi connectivity index (χ4n) is 1.96. The van der Waals surface area contributed by atoms with E-state index in [0.29, 0.717) is 17.3 Å². The van der Waals surface area contributed by atoms with Crippen LogP contribution in [0.1, 0.15) is 11.6 Å². The van der Waals surface area contributed by atoms with Gasteiger partial charge >= 0.3 is 5.69 Å². The van der Waals surface area contributed by atoms with Crippen LogP contribution in [0.2, 0.25) is 0 Å². The summed E-state index contributed by atoms with van der Waals surface area (Å²) >= 11 is 6.01. The van der Waals surface area contributed by atoms with E-state index in [9.17, 15) is 4.79 Å². The van der Waals surface area contributed by atoms with E-state index in [4.69, 9.17) is 11.6 Å². The number of benzene rings is 1. The fraction of sp³-hybridized carbons (Fsp3) is 0.154. The second-order valence-electron chi connectivity index (χ2n) is 4.29. The van der Waals surface area contributed by atoms with Crippen LogP contribution < -0.4 is 11.0 Å². The number of nitrogens with one attached hydrogen (secondary N) is 2. The van der Waals surface area contributed by atoms with Crippen molar-refractivity contribution in [1.29, 1.82) is 0 Å². The van der Waals surface area contributed by atoms with Crippen molar-refractivity contribution in [3.05, 3.63) is 58.8 Å². The van der Waals surface area contributed by atoms with Crippen LogP contribution in [-0.2, 0) is 0 Å². The van der Waals surface area contributed by atoms with Crippen molar-refractivity contribution in [3.8, 4) is 0 Å². The van der Waals surface area contributed by atoms with Gasteiger partial charge in [-0.1, -0.05) is 30.3 Å². The molecular formula is C13H12ClN5O. The zero-order valence-electron chi connectivity index (χ0n) is 10.5. The zero-order chi connectivity index (χ0) is 13.9. The summed E-state index contributed by atoms with van der Waals surface area (Å²) in [4.78, 5) is 15.5. The van der Waals surface area contributed by atoms with Gasteiger partial charge in [-0.05, 0) is 5.56 Å². The largest absolute Gasteiger partial charge is 0.362 e. The summed E-state index contributed by atoms with van der Waals surface area (Å²) in [5.74, 6) is 1.02. The first kappa shape index (κ1) is 12.7. The number of halogens is 1. The van der Waals surface area contributed by atoms with Crippen LogP contribution in [0.4, 0.5) is 5.82 Å². The maximum atomic E-state index is 11.4. The molecule has 102 valence electrons. The van der Waals surface area contributed by atoms with Crippen LogP contribution in [-0.4, -0.2) is 25.5 Å². The van der Waals surface area contributed by atoms with Crippen molar-refractivity contribution in [2.24, 2.45) is 0 Å². The Labute approximate surface area is 119 Å². The second-order valence-corrected chi connectivity index (χ2v) is 4.60. The summed E-state index contributed by atoms with van der Waals surface area (Å²) in [5.41, 5.74) is 1.27. The van der Waals surface area contributed by atoms with Gasteiger partial charge in [0.1, 0.15) is 12.1 Å². The number of alkyl halides is 1. The number of hydrogen-bond acceptors (Lipinski definition) is 4. The molecule has 2 N–H and O–H groups in total. The molecule has 0 aliphatic carbocycles. The Hall–Kier alpha value is -2.34. The summed E-state index contributed by atoms with van der Waals surface area (Å²) in [6, 6.07) is 11.5. The summed E-state index contributed by atoms with van der Waals surface area (Å²) < 4.78 is 1.34. The molecule has 20 heavy (non-hydrogen) atoms. The molecule has 2 aromatic heterocycles. The summed E-state index contributed by atoms with van der Waals surface area (Å²) in [7, 11) is 0. The minimum atomic E-state index is -0.309. The van der Waals surface area contributed by atoms with Crippen molar-refractivity contribution in [3.63, 3.8) is 0 Å². The maximum Gasteiger partial charge on any atom is 0.348 e. The third kappa shape index (κ3) is 2.37. The molecule has 0 spiro atoms. The molecular weight excluding hydrogens is 278 g/mol. The first-order chi connectivity index (χ1) is 9.78. The quantitative estimate of drug-likeness (QED) is 0.718. The zero-order valence-corrected chi connectivity index (χ0v) is 11.2. The maximum absolute atomic E-state index is 11.4. The Kier molecular flexibility index (Phi) is 3.39. The summed E-state index contributed by atoms with van der Waals surface area (Å²) in [5, 5.41) is 9.50. The van der Waals surface area contributed by atoms with Crippen molar-refractivity contribution in [2.45, 2.75) is 6.04 Å². The molecule has 3 aromatic rings. The summed E-state index contributed by atoms with van der Waals surface area (Å²) in [6.45, 7) is 0. The lowest BCUT2D eigenvalue weighted by atomic mass is 10.1. The predicted molar refractivity (Wildman–Crippen MR) is 77.1 cm³/mol. The molecule has 0 radical (unpaired) electrons. The number of anilines is 1. The molecule has 0 aliphatic heterocycles. The third-order valence-electron chi connectivity index (χ3n) is 2.99. The topological polar surface area (TPSA) is 75.1 Å². The normalized spacial score (nSPS) is 12.4. The van der Waals surface area contributed by atoms with Gasteiger partial charge in [0.25, 0.3) is 0 Å². The van der Waals surface area contributed by atoms with E-state index in [2.05, 4.69) is 20.5 Å². The number of aromatic nitrogens is 4. The Morgan fingerprint density at radius 2 is 2.15 bits per heavy atom. The lowest BCUT2D eigenvalue weighted by molar-refractivity contribution is 0.877. The van der Waals surface area contributed by atoms with Gasteiger partial charge in [-0.25, -0.2) is 19.3 Å². The number of hydrogen-bond donors (Lipinski definition) is 2. The highest BCUT2D eigenvalue weighted by atomic mass is 35.5. The molecule has 0 bridgehead atoms. The highest BCUT2D eigenvalue weighted by molar-refractivity contribution is 6.18. The minimum absolute atomic E-state index is 0.0570. The van der Waals surface area contributed by atoms with Crippen LogP contribution in [0.25, 0.3) is 5.65 Å². The van der Waals surface area contributed by atoms with E-state index in [1.807, 2.05) is 30.3 Å². The van der Waals surface area contributed by atoms with E-state index in [1.165, 1.54) is 10.7 Å². The molecule has 0 aliphatic rings. The van der Waals surface area contributed by atoms with Crippen LogP contribution in [0.5, 0.6) is 0 Å². The molecule has 7 heteroatoms. The van der Waals surface area contributed by atoms with E-state index in [-0.39, 0.29) is 11.7 Å². The van der Waals surface area contributed by atoms with Crippen LogP contribution in [0, 0.1) is 0 Å². The van der Waals surface area contributed by atoms with Gasteiger partial charge in [0, 0.05) is 11.9 Å². The SMILES string of the molecule is O=c1[nH]nc2cc(NC(CCl)c3ccccc3)ncn12. The van der Waals surface area contributed by atoms with Crippen molar-refractivity contribution in [1.82, 2.24) is 19.6 Å². The van der Waals surface area contributed by atoms with E-state index in [1.54, 1.807) is 6.07 Å². The average Bonchev–Trinajstić information content (AvgIpc) is 2.86. The number of fused-ring (bicyclic) bond motifs is 1. The van der Waals surface area contributed by atoms with Crippen molar-refractivity contribution in [2.75, 3.05) is 11.2 Å². The smallest absolute Gasteiger partial charge is 0.348 e.